The summed E-state index contributed by atoms with van der Waals surface area (Å²) >= 11 is 0. The standard InChI is InChI=1S/C16H18FN5/c17-16-4-3-14(15(6-16)7-18)10-21-5-1-2-13(8-21)9-22-12-19-11-20-22/h3-4,6,11-13H,1-2,5,8-10H2/t13-/m1/s1. The Bertz CT molecular complexity index is 662. The minimum atomic E-state index is -0.358. The number of hydrogen-bond acceptors (Lipinski definition) is 4. The molecule has 3 rings (SSSR count). The first-order chi connectivity index (χ1) is 10.7. The summed E-state index contributed by atoms with van der Waals surface area (Å²) in [5, 5.41) is 13.3. The van der Waals surface area contributed by atoms with Crippen LogP contribution in [0.25, 0.3) is 0 Å². The van der Waals surface area contributed by atoms with Gasteiger partial charge in [0.25, 0.3) is 0 Å². The van der Waals surface area contributed by atoms with Gasteiger partial charge in [-0.15, -0.1) is 0 Å². The Hall–Kier alpha value is -2.26. The lowest BCUT2D eigenvalue weighted by molar-refractivity contribution is 0.153. The molecule has 2 aromatic rings. The van der Waals surface area contributed by atoms with E-state index in [1.54, 1.807) is 18.7 Å². The summed E-state index contributed by atoms with van der Waals surface area (Å²) in [7, 11) is 0. The van der Waals surface area contributed by atoms with Crippen LogP contribution in [0.15, 0.2) is 30.9 Å². The van der Waals surface area contributed by atoms with Crippen molar-refractivity contribution in [3.05, 3.63) is 47.8 Å². The van der Waals surface area contributed by atoms with Gasteiger partial charge in [-0.3, -0.25) is 9.58 Å². The smallest absolute Gasteiger partial charge is 0.137 e. The minimum absolute atomic E-state index is 0.358. The fraction of sp³-hybridized carbons (Fsp3) is 0.438. The van der Waals surface area contributed by atoms with Gasteiger partial charge in [0.15, 0.2) is 0 Å². The number of nitriles is 1. The summed E-state index contributed by atoms with van der Waals surface area (Å²) in [5.74, 6) is 0.171. The van der Waals surface area contributed by atoms with E-state index in [-0.39, 0.29) is 5.82 Å². The number of nitrogens with zero attached hydrogens (tertiary/aromatic N) is 5. The summed E-state index contributed by atoms with van der Waals surface area (Å²) in [6, 6.07) is 6.54. The Labute approximate surface area is 129 Å². The van der Waals surface area contributed by atoms with Crippen LogP contribution in [0.5, 0.6) is 0 Å². The third kappa shape index (κ3) is 3.49. The molecule has 0 spiro atoms. The molecule has 1 fully saturated rings. The molecule has 0 bridgehead atoms. The fourth-order valence-corrected chi connectivity index (χ4v) is 3.07. The van der Waals surface area contributed by atoms with Gasteiger partial charge in [0.2, 0.25) is 0 Å². The molecule has 5 nitrogen and oxygen atoms in total. The van der Waals surface area contributed by atoms with Crippen molar-refractivity contribution < 1.29 is 4.39 Å². The van der Waals surface area contributed by atoms with Crippen molar-refractivity contribution in [3.63, 3.8) is 0 Å². The molecule has 1 aromatic heterocycles. The zero-order chi connectivity index (χ0) is 15.4. The molecule has 6 heteroatoms. The summed E-state index contributed by atoms with van der Waals surface area (Å²) in [5.41, 5.74) is 1.32. The Morgan fingerprint density at radius 1 is 1.41 bits per heavy atom. The van der Waals surface area contributed by atoms with Crippen molar-refractivity contribution in [2.45, 2.75) is 25.9 Å². The number of halogens is 1. The third-order valence-corrected chi connectivity index (χ3v) is 4.10. The molecule has 2 heterocycles. The van der Waals surface area contributed by atoms with Gasteiger partial charge in [0, 0.05) is 19.6 Å². The number of rotatable bonds is 4. The molecular formula is C16H18FN5. The van der Waals surface area contributed by atoms with Crippen LogP contribution in [0.4, 0.5) is 4.39 Å². The molecule has 0 saturated carbocycles. The van der Waals surface area contributed by atoms with E-state index >= 15 is 0 Å². The Morgan fingerprint density at radius 2 is 2.32 bits per heavy atom. The minimum Gasteiger partial charge on any atom is -0.299 e. The highest BCUT2D eigenvalue weighted by atomic mass is 19.1. The van der Waals surface area contributed by atoms with Crippen molar-refractivity contribution in [1.29, 1.82) is 5.26 Å². The quantitative estimate of drug-likeness (QED) is 0.868. The fourth-order valence-electron chi connectivity index (χ4n) is 3.07. The van der Waals surface area contributed by atoms with Crippen LogP contribution in [0.1, 0.15) is 24.0 Å². The van der Waals surface area contributed by atoms with Crippen LogP contribution in [-0.4, -0.2) is 32.8 Å². The molecular weight excluding hydrogens is 281 g/mol. The predicted octanol–water partition coefficient (Wildman–Crippen LogP) is 2.20. The van der Waals surface area contributed by atoms with Gasteiger partial charge in [0.1, 0.15) is 18.5 Å². The lowest BCUT2D eigenvalue weighted by atomic mass is 9.97. The van der Waals surface area contributed by atoms with Crippen molar-refractivity contribution >= 4 is 0 Å². The van der Waals surface area contributed by atoms with Gasteiger partial charge in [-0.1, -0.05) is 6.07 Å². The molecule has 1 aliphatic heterocycles. The van der Waals surface area contributed by atoms with Gasteiger partial charge >= 0.3 is 0 Å². The molecule has 1 saturated heterocycles. The van der Waals surface area contributed by atoms with Gasteiger partial charge in [-0.25, -0.2) is 9.37 Å². The first kappa shape index (κ1) is 14.7. The van der Waals surface area contributed by atoms with Crippen LogP contribution in [0.3, 0.4) is 0 Å². The number of piperidine rings is 1. The van der Waals surface area contributed by atoms with E-state index < -0.39 is 0 Å². The van der Waals surface area contributed by atoms with E-state index in [2.05, 4.69) is 21.1 Å². The number of benzene rings is 1. The third-order valence-electron chi connectivity index (χ3n) is 4.10. The van der Waals surface area contributed by atoms with Crippen LogP contribution >= 0.6 is 0 Å². The van der Waals surface area contributed by atoms with Crippen LogP contribution in [-0.2, 0) is 13.1 Å². The second-order valence-corrected chi connectivity index (χ2v) is 5.77. The second kappa shape index (κ2) is 6.67. The van der Waals surface area contributed by atoms with Crippen molar-refractivity contribution in [3.8, 4) is 6.07 Å². The normalized spacial score (nSPS) is 19.0. The highest BCUT2D eigenvalue weighted by Gasteiger charge is 2.21. The van der Waals surface area contributed by atoms with Gasteiger partial charge in [0.05, 0.1) is 11.6 Å². The molecule has 1 aliphatic rings. The Balaban J connectivity index is 1.64. The average molecular weight is 299 g/mol. The van der Waals surface area contributed by atoms with Gasteiger partial charge < -0.3 is 0 Å². The van der Waals surface area contributed by atoms with E-state index in [0.717, 1.165) is 31.6 Å². The highest BCUT2D eigenvalue weighted by Crippen LogP contribution is 2.21. The lowest BCUT2D eigenvalue weighted by Crippen LogP contribution is -2.36. The van der Waals surface area contributed by atoms with E-state index in [1.165, 1.54) is 18.6 Å². The summed E-state index contributed by atoms with van der Waals surface area (Å²) in [6.45, 7) is 3.53. The van der Waals surface area contributed by atoms with Crippen LogP contribution in [0.2, 0.25) is 0 Å². The van der Waals surface area contributed by atoms with E-state index in [9.17, 15) is 4.39 Å². The van der Waals surface area contributed by atoms with Gasteiger partial charge in [-0.2, -0.15) is 10.4 Å². The van der Waals surface area contributed by atoms with E-state index in [1.807, 2.05) is 4.68 Å². The van der Waals surface area contributed by atoms with E-state index in [0.29, 0.717) is 18.0 Å². The summed E-state index contributed by atoms with van der Waals surface area (Å²) < 4.78 is 15.1. The van der Waals surface area contributed by atoms with Crippen LogP contribution in [0, 0.1) is 23.1 Å². The van der Waals surface area contributed by atoms with Gasteiger partial charge in [-0.05, 0) is 43.0 Å². The molecule has 22 heavy (non-hydrogen) atoms. The predicted molar refractivity (Wildman–Crippen MR) is 79.1 cm³/mol. The lowest BCUT2D eigenvalue weighted by Gasteiger charge is -2.32. The molecule has 1 aromatic carbocycles. The summed E-state index contributed by atoms with van der Waals surface area (Å²) in [6.07, 6.45) is 5.60. The van der Waals surface area contributed by atoms with Crippen molar-refractivity contribution in [2.75, 3.05) is 13.1 Å². The number of likely N-dealkylation sites (tertiary alicyclic amines) is 1. The van der Waals surface area contributed by atoms with Crippen LogP contribution < -0.4 is 0 Å². The monoisotopic (exact) mass is 299 g/mol. The molecule has 0 radical (unpaired) electrons. The molecule has 0 aliphatic carbocycles. The highest BCUT2D eigenvalue weighted by molar-refractivity contribution is 5.37. The topological polar surface area (TPSA) is 57.7 Å². The zero-order valence-corrected chi connectivity index (χ0v) is 12.3. The maximum Gasteiger partial charge on any atom is 0.137 e. The largest absolute Gasteiger partial charge is 0.299 e. The first-order valence-electron chi connectivity index (χ1n) is 7.48. The maximum absolute atomic E-state index is 13.2. The van der Waals surface area contributed by atoms with Crippen molar-refractivity contribution in [1.82, 2.24) is 19.7 Å². The molecule has 0 unspecified atom stereocenters. The molecule has 114 valence electrons. The van der Waals surface area contributed by atoms with E-state index in [4.69, 9.17) is 5.26 Å². The second-order valence-electron chi connectivity index (χ2n) is 5.77. The number of hydrogen-bond donors (Lipinski definition) is 0. The summed E-state index contributed by atoms with van der Waals surface area (Å²) in [4.78, 5) is 6.30. The Morgan fingerprint density at radius 3 is 3.09 bits per heavy atom. The first-order valence-corrected chi connectivity index (χ1v) is 7.48. The Kier molecular flexibility index (Phi) is 4.45. The molecule has 0 N–H and O–H groups in total. The molecule has 1 atom stereocenters. The van der Waals surface area contributed by atoms with Crippen molar-refractivity contribution in [2.24, 2.45) is 5.92 Å². The molecule has 0 amide bonds. The maximum atomic E-state index is 13.2. The SMILES string of the molecule is N#Cc1cc(F)ccc1CN1CCC[C@@H](Cn2cncn2)C1. The average Bonchev–Trinajstić information content (AvgIpc) is 3.02. The number of aromatic nitrogens is 3. The zero-order valence-electron chi connectivity index (χ0n) is 12.3.